The van der Waals surface area contributed by atoms with E-state index in [1.807, 2.05) is 12.3 Å². The lowest BCUT2D eigenvalue weighted by molar-refractivity contribution is 0.542. The predicted molar refractivity (Wildman–Crippen MR) is 61.4 cm³/mol. The molecule has 0 spiro atoms. The van der Waals surface area contributed by atoms with Crippen molar-refractivity contribution in [1.82, 2.24) is 10.3 Å². The molecule has 0 saturated carbocycles. The van der Waals surface area contributed by atoms with Crippen molar-refractivity contribution in [3.05, 3.63) is 35.7 Å². The van der Waals surface area contributed by atoms with E-state index in [2.05, 4.69) is 22.4 Å². The quantitative estimate of drug-likeness (QED) is 0.767. The molecule has 1 fully saturated rings. The first kappa shape index (κ1) is 9.56. The van der Waals surface area contributed by atoms with Crippen molar-refractivity contribution >= 4 is 5.57 Å². The van der Waals surface area contributed by atoms with Gasteiger partial charge >= 0.3 is 0 Å². The zero-order valence-corrected chi connectivity index (χ0v) is 8.98. The van der Waals surface area contributed by atoms with E-state index in [9.17, 15) is 0 Å². The van der Waals surface area contributed by atoms with E-state index in [4.69, 9.17) is 5.26 Å². The maximum atomic E-state index is 8.87. The van der Waals surface area contributed by atoms with Crippen LogP contribution >= 0.6 is 0 Å². The first-order chi connectivity index (χ1) is 7.88. The molecule has 3 heteroatoms. The fraction of sp³-hybridized carbons (Fsp3) is 0.385. The van der Waals surface area contributed by atoms with Crippen LogP contribution in [-0.2, 0) is 0 Å². The van der Waals surface area contributed by atoms with Gasteiger partial charge in [0, 0.05) is 24.9 Å². The number of hydrogen-bond donors (Lipinski definition) is 1. The summed E-state index contributed by atoms with van der Waals surface area (Å²) in [7, 11) is 0. The summed E-state index contributed by atoms with van der Waals surface area (Å²) >= 11 is 0. The fourth-order valence-corrected chi connectivity index (χ4v) is 2.77. The first-order valence-corrected chi connectivity index (χ1v) is 5.65. The van der Waals surface area contributed by atoms with Crippen LogP contribution in [0.1, 0.15) is 17.5 Å². The van der Waals surface area contributed by atoms with Gasteiger partial charge < -0.3 is 5.32 Å². The lowest BCUT2D eigenvalue weighted by Gasteiger charge is -2.13. The van der Waals surface area contributed by atoms with Crippen molar-refractivity contribution in [2.45, 2.75) is 6.42 Å². The number of hydrogen-bond acceptors (Lipinski definition) is 3. The molecule has 2 heterocycles. The highest BCUT2D eigenvalue weighted by Gasteiger charge is 2.34. The molecule has 1 aromatic rings. The van der Waals surface area contributed by atoms with Gasteiger partial charge in [-0.1, -0.05) is 6.08 Å². The van der Waals surface area contributed by atoms with Crippen LogP contribution in [0.4, 0.5) is 0 Å². The molecule has 1 N–H and O–H groups in total. The minimum Gasteiger partial charge on any atom is -0.316 e. The van der Waals surface area contributed by atoms with Gasteiger partial charge in [0.15, 0.2) is 0 Å². The van der Waals surface area contributed by atoms with Gasteiger partial charge in [0.05, 0.1) is 5.56 Å². The molecule has 0 radical (unpaired) electrons. The lowest BCUT2D eigenvalue weighted by Crippen LogP contribution is -2.10. The molecule has 1 aliphatic heterocycles. The second-order valence-corrected chi connectivity index (χ2v) is 4.49. The topological polar surface area (TPSA) is 48.7 Å². The number of nitrogens with one attached hydrogen (secondary N) is 1. The first-order valence-electron chi connectivity index (χ1n) is 5.65. The molecule has 2 aliphatic rings. The smallest absolute Gasteiger partial charge is 0.101 e. The number of nitrogens with zero attached hydrogens (tertiary/aromatic N) is 2. The summed E-state index contributed by atoms with van der Waals surface area (Å²) in [5.41, 5.74) is 3.14. The Hall–Kier alpha value is -1.66. The third-order valence-electron chi connectivity index (χ3n) is 3.58. The van der Waals surface area contributed by atoms with Crippen LogP contribution in [0.3, 0.4) is 0 Å². The van der Waals surface area contributed by atoms with Crippen LogP contribution in [0.2, 0.25) is 0 Å². The van der Waals surface area contributed by atoms with Crippen LogP contribution in [-0.4, -0.2) is 18.1 Å². The summed E-state index contributed by atoms with van der Waals surface area (Å²) in [5, 5.41) is 12.3. The van der Waals surface area contributed by atoms with Crippen LogP contribution < -0.4 is 5.32 Å². The molecule has 0 amide bonds. The van der Waals surface area contributed by atoms with Crippen molar-refractivity contribution in [3.63, 3.8) is 0 Å². The minimum atomic E-state index is 0.621. The molecule has 0 bridgehead atoms. The predicted octanol–water partition coefficient (Wildman–Crippen LogP) is 1.58. The maximum absolute atomic E-state index is 8.87. The van der Waals surface area contributed by atoms with Gasteiger partial charge in [0.2, 0.25) is 0 Å². The molecule has 1 aromatic heterocycles. The summed E-state index contributed by atoms with van der Waals surface area (Å²) in [6, 6.07) is 4.09. The van der Waals surface area contributed by atoms with Gasteiger partial charge in [-0.05, 0) is 36.1 Å². The summed E-state index contributed by atoms with van der Waals surface area (Å²) in [6.45, 7) is 2.18. The van der Waals surface area contributed by atoms with Crippen LogP contribution in [0.15, 0.2) is 24.5 Å². The SMILES string of the molecule is N#Cc1cncc(C2=CCC3CNCC23)c1. The Morgan fingerprint density at radius 1 is 1.38 bits per heavy atom. The molecule has 2 atom stereocenters. The molecular formula is C13H13N3. The van der Waals surface area contributed by atoms with E-state index in [1.165, 1.54) is 5.57 Å². The number of rotatable bonds is 1. The van der Waals surface area contributed by atoms with Gasteiger partial charge in [0.25, 0.3) is 0 Å². The largest absolute Gasteiger partial charge is 0.316 e. The number of aromatic nitrogens is 1. The Bertz CT molecular complexity index is 484. The van der Waals surface area contributed by atoms with Crippen molar-refractivity contribution in [2.24, 2.45) is 11.8 Å². The van der Waals surface area contributed by atoms with Gasteiger partial charge in [0.1, 0.15) is 6.07 Å². The Labute approximate surface area is 94.8 Å². The zero-order valence-electron chi connectivity index (χ0n) is 8.98. The monoisotopic (exact) mass is 211 g/mol. The van der Waals surface area contributed by atoms with E-state index in [0.717, 1.165) is 31.0 Å². The van der Waals surface area contributed by atoms with Crippen molar-refractivity contribution < 1.29 is 0 Å². The fourth-order valence-electron chi connectivity index (χ4n) is 2.77. The second-order valence-electron chi connectivity index (χ2n) is 4.49. The van der Waals surface area contributed by atoms with Gasteiger partial charge in [-0.2, -0.15) is 5.26 Å². The molecule has 3 nitrogen and oxygen atoms in total. The number of nitriles is 1. The third-order valence-corrected chi connectivity index (χ3v) is 3.58. The molecule has 16 heavy (non-hydrogen) atoms. The summed E-state index contributed by atoms with van der Waals surface area (Å²) in [6.07, 6.45) is 6.95. The Morgan fingerprint density at radius 2 is 2.31 bits per heavy atom. The van der Waals surface area contributed by atoms with E-state index in [-0.39, 0.29) is 0 Å². The van der Waals surface area contributed by atoms with Gasteiger partial charge in [-0.3, -0.25) is 4.98 Å². The van der Waals surface area contributed by atoms with Crippen molar-refractivity contribution in [1.29, 1.82) is 5.26 Å². The number of allylic oxidation sites excluding steroid dienone is 1. The van der Waals surface area contributed by atoms with E-state index in [1.54, 1.807) is 6.20 Å². The average molecular weight is 211 g/mol. The minimum absolute atomic E-state index is 0.621. The molecular weight excluding hydrogens is 198 g/mol. The molecule has 3 rings (SSSR count). The second kappa shape index (κ2) is 3.73. The highest BCUT2D eigenvalue weighted by molar-refractivity contribution is 5.70. The van der Waals surface area contributed by atoms with E-state index < -0.39 is 0 Å². The third kappa shape index (κ3) is 1.43. The van der Waals surface area contributed by atoms with E-state index in [0.29, 0.717) is 11.5 Å². The Kier molecular flexibility index (Phi) is 2.23. The van der Waals surface area contributed by atoms with Gasteiger partial charge in [-0.25, -0.2) is 0 Å². The van der Waals surface area contributed by atoms with E-state index >= 15 is 0 Å². The molecule has 1 aliphatic carbocycles. The van der Waals surface area contributed by atoms with Crippen LogP contribution in [0, 0.1) is 23.2 Å². The number of pyridine rings is 1. The molecule has 0 aromatic carbocycles. The number of fused-ring (bicyclic) bond motifs is 1. The lowest BCUT2D eigenvalue weighted by atomic mass is 9.91. The summed E-state index contributed by atoms with van der Waals surface area (Å²) < 4.78 is 0. The van der Waals surface area contributed by atoms with Crippen molar-refractivity contribution in [2.75, 3.05) is 13.1 Å². The Morgan fingerprint density at radius 3 is 3.19 bits per heavy atom. The van der Waals surface area contributed by atoms with Crippen LogP contribution in [0.25, 0.3) is 5.57 Å². The highest BCUT2D eigenvalue weighted by atomic mass is 14.9. The summed E-state index contributed by atoms with van der Waals surface area (Å²) in [4.78, 5) is 4.13. The molecule has 80 valence electrons. The maximum Gasteiger partial charge on any atom is 0.101 e. The standard InChI is InChI=1S/C13H13N3/c14-4-9-3-11(7-15-5-9)12-2-1-10-6-16-8-13(10)12/h2-3,5,7,10,13,16H,1,6,8H2. The van der Waals surface area contributed by atoms with Crippen molar-refractivity contribution in [3.8, 4) is 6.07 Å². The average Bonchev–Trinajstić information content (AvgIpc) is 2.90. The molecule has 2 unspecified atom stereocenters. The Balaban J connectivity index is 1.95. The highest BCUT2D eigenvalue weighted by Crippen LogP contribution is 2.39. The normalized spacial score (nSPS) is 27.3. The van der Waals surface area contributed by atoms with Crippen LogP contribution in [0.5, 0.6) is 0 Å². The molecule has 1 saturated heterocycles. The summed E-state index contributed by atoms with van der Waals surface area (Å²) in [5.74, 6) is 1.37. The van der Waals surface area contributed by atoms with Gasteiger partial charge in [-0.15, -0.1) is 0 Å². The zero-order chi connectivity index (χ0) is 11.0.